The van der Waals surface area contributed by atoms with E-state index < -0.39 is 0 Å². The number of carbonyl (C=O) groups excluding carboxylic acids is 1. The number of fused-ring (bicyclic) bond motifs is 1. The molecule has 0 atom stereocenters. The molecule has 4 N–H and O–H groups in total. The second-order valence-electron chi connectivity index (χ2n) is 6.03. The molecule has 0 aliphatic carbocycles. The number of hydrogen-bond acceptors (Lipinski definition) is 5. The molecule has 7 nitrogen and oxygen atoms in total. The summed E-state index contributed by atoms with van der Waals surface area (Å²) >= 11 is 0. The molecule has 0 unspecified atom stereocenters. The molecule has 1 aromatic carbocycles. The Kier molecular flexibility index (Phi) is 5.80. The zero-order chi connectivity index (χ0) is 18.4. The van der Waals surface area contributed by atoms with Crippen molar-refractivity contribution in [1.29, 1.82) is 0 Å². The van der Waals surface area contributed by atoms with Crippen molar-refractivity contribution in [1.82, 2.24) is 19.9 Å². The molecule has 26 heavy (non-hydrogen) atoms. The number of imidazole rings is 1. The van der Waals surface area contributed by atoms with Gasteiger partial charge in [0.1, 0.15) is 5.82 Å². The number of nitrogens with one attached hydrogen (secondary N) is 2. The highest BCUT2D eigenvalue weighted by Crippen LogP contribution is 2.21. The van der Waals surface area contributed by atoms with Crippen LogP contribution in [0.1, 0.15) is 30.1 Å². The molecule has 7 heteroatoms. The van der Waals surface area contributed by atoms with E-state index in [0.29, 0.717) is 18.7 Å². The Bertz CT molecular complexity index is 871. The first-order chi connectivity index (χ1) is 12.7. The average Bonchev–Trinajstić information content (AvgIpc) is 3.09. The van der Waals surface area contributed by atoms with Gasteiger partial charge in [-0.3, -0.25) is 4.79 Å². The largest absolute Gasteiger partial charge is 0.369 e. The van der Waals surface area contributed by atoms with Crippen molar-refractivity contribution >= 4 is 17.4 Å². The number of anilines is 1. The topological polar surface area (TPSA) is 97.3 Å². The van der Waals surface area contributed by atoms with Gasteiger partial charge in [-0.1, -0.05) is 25.5 Å². The number of nitrogens with two attached hydrogens (primary N) is 1. The van der Waals surface area contributed by atoms with Gasteiger partial charge in [0.15, 0.2) is 5.65 Å². The SMILES string of the molecule is CCCCNc1ccc2ncc(-c3ccc(C(=O)NCCN)cc3)n2n1. The fourth-order valence-corrected chi connectivity index (χ4v) is 2.64. The van der Waals surface area contributed by atoms with E-state index in [0.717, 1.165) is 42.1 Å². The summed E-state index contributed by atoms with van der Waals surface area (Å²) in [5, 5.41) is 10.7. The van der Waals surface area contributed by atoms with Gasteiger partial charge in [-0.15, -0.1) is 5.10 Å². The molecule has 0 aliphatic heterocycles. The van der Waals surface area contributed by atoms with Crippen LogP contribution in [-0.4, -0.2) is 40.1 Å². The number of hydrogen-bond donors (Lipinski definition) is 3. The van der Waals surface area contributed by atoms with E-state index in [1.54, 1.807) is 18.3 Å². The highest BCUT2D eigenvalue weighted by atomic mass is 16.1. The highest BCUT2D eigenvalue weighted by molar-refractivity contribution is 5.94. The first-order valence-electron chi connectivity index (χ1n) is 8.90. The van der Waals surface area contributed by atoms with Crippen LogP contribution in [0.25, 0.3) is 16.9 Å². The summed E-state index contributed by atoms with van der Waals surface area (Å²) < 4.78 is 1.82. The average molecular weight is 352 g/mol. The van der Waals surface area contributed by atoms with Gasteiger partial charge in [-0.05, 0) is 30.7 Å². The summed E-state index contributed by atoms with van der Waals surface area (Å²) in [6.07, 6.45) is 4.03. The van der Waals surface area contributed by atoms with Crippen LogP contribution < -0.4 is 16.4 Å². The molecule has 0 fully saturated rings. The van der Waals surface area contributed by atoms with Crippen LogP contribution in [0.2, 0.25) is 0 Å². The van der Waals surface area contributed by atoms with Crippen molar-refractivity contribution in [2.45, 2.75) is 19.8 Å². The van der Waals surface area contributed by atoms with E-state index in [-0.39, 0.29) is 5.91 Å². The van der Waals surface area contributed by atoms with Crippen molar-refractivity contribution < 1.29 is 4.79 Å². The third-order valence-electron chi connectivity index (χ3n) is 4.07. The number of rotatable bonds is 8. The minimum Gasteiger partial charge on any atom is -0.369 e. The third-order valence-corrected chi connectivity index (χ3v) is 4.07. The first kappa shape index (κ1) is 17.9. The molecule has 0 aliphatic rings. The zero-order valence-electron chi connectivity index (χ0n) is 14.9. The van der Waals surface area contributed by atoms with Crippen molar-refractivity contribution in [2.75, 3.05) is 25.0 Å². The van der Waals surface area contributed by atoms with E-state index in [1.165, 1.54) is 0 Å². The molecule has 2 aromatic heterocycles. The lowest BCUT2D eigenvalue weighted by atomic mass is 10.1. The minimum absolute atomic E-state index is 0.124. The summed E-state index contributed by atoms with van der Waals surface area (Å²) in [6, 6.07) is 11.3. The van der Waals surface area contributed by atoms with Gasteiger partial charge in [0, 0.05) is 30.8 Å². The van der Waals surface area contributed by atoms with Gasteiger partial charge in [0.2, 0.25) is 0 Å². The quantitative estimate of drug-likeness (QED) is 0.541. The van der Waals surface area contributed by atoms with Gasteiger partial charge in [0.25, 0.3) is 5.91 Å². The standard InChI is InChI=1S/C19H24N6O/c1-2-3-11-21-17-8-9-18-23-13-16(25(18)24-17)14-4-6-15(7-5-14)19(26)22-12-10-20/h4-9,13H,2-3,10-12,20H2,1H3,(H,21,24)(H,22,26). The number of benzene rings is 1. The van der Waals surface area contributed by atoms with Crippen LogP contribution >= 0.6 is 0 Å². The van der Waals surface area contributed by atoms with E-state index >= 15 is 0 Å². The van der Waals surface area contributed by atoms with Gasteiger partial charge in [-0.2, -0.15) is 0 Å². The Balaban J connectivity index is 1.83. The molecule has 2 heterocycles. The fraction of sp³-hybridized carbons (Fsp3) is 0.316. The third kappa shape index (κ3) is 4.00. The van der Waals surface area contributed by atoms with Crippen LogP contribution in [0.4, 0.5) is 5.82 Å². The van der Waals surface area contributed by atoms with E-state index in [4.69, 9.17) is 5.73 Å². The molecule has 136 valence electrons. The number of nitrogens with zero attached hydrogens (tertiary/aromatic N) is 3. The number of carbonyl (C=O) groups is 1. The van der Waals surface area contributed by atoms with Crippen LogP contribution in [0.5, 0.6) is 0 Å². The Hall–Kier alpha value is -2.93. The lowest BCUT2D eigenvalue weighted by Crippen LogP contribution is -2.28. The maximum Gasteiger partial charge on any atom is 0.251 e. The Morgan fingerprint density at radius 1 is 1.15 bits per heavy atom. The van der Waals surface area contributed by atoms with Crippen LogP contribution in [0.15, 0.2) is 42.6 Å². The van der Waals surface area contributed by atoms with E-state index in [1.807, 2.05) is 28.8 Å². The molecular weight excluding hydrogens is 328 g/mol. The molecule has 0 bridgehead atoms. The van der Waals surface area contributed by atoms with E-state index in [2.05, 4.69) is 27.6 Å². The van der Waals surface area contributed by atoms with Gasteiger partial charge in [0.05, 0.1) is 11.9 Å². The molecule has 3 rings (SSSR count). The Morgan fingerprint density at radius 2 is 1.96 bits per heavy atom. The second kappa shape index (κ2) is 8.44. The molecule has 0 radical (unpaired) electrons. The Labute approximate surface area is 152 Å². The van der Waals surface area contributed by atoms with Gasteiger partial charge >= 0.3 is 0 Å². The lowest BCUT2D eigenvalue weighted by Gasteiger charge is -2.07. The maximum absolute atomic E-state index is 12.0. The van der Waals surface area contributed by atoms with Gasteiger partial charge < -0.3 is 16.4 Å². The second-order valence-corrected chi connectivity index (χ2v) is 6.03. The fourth-order valence-electron chi connectivity index (χ4n) is 2.64. The molecular formula is C19H24N6O. The van der Waals surface area contributed by atoms with Crippen LogP contribution in [0.3, 0.4) is 0 Å². The van der Waals surface area contributed by atoms with Crippen molar-refractivity contribution in [2.24, 2.45) is 5.73 Å². The smallest absolute Gasteiger partial charge is 0.251 e. The van der Waals surface area contributed by atoms with Crippen molar-refractivity contribution in [3.05, 3.63) is 48.2 Å². The van der Waals surface area contributed by atoms with Crippen LogP contribution in [0, 0.1) is 0 Å². The molecule has 0 saturated carbocycles. The normalized spacial score (nSPS) is 10.8. The molecule has 0 spiro atoms. The summed E-state index contributed by atoms with van der Waals surface area (Å²) in [5.74, 6) is 0.698. The van der Waals surface area contributed by atoms with Crippen molar-refractivity contribution in [3.8, 4) is 11.3 Å². The highest BCUT2D eigenvalue weighted by Gasteiger charge is 2.10. The summed E-state index contributed by atoms with van der Waals surface area (Å²) in [4.78, 5) is 16.4. The Morgan fingerprint density at radius 3 is 2.69 bits per heavy atom. The predicted molar refractivity (Wildman–Crippen MR) is 103 cm³/mol. The monoisotopic (exact) mass is 352 g/mol. The number of unbranched alkanes of at least 4 members (excludes halogenated alkanes) is 1. The summed E-state index contributed by atoms with van der Waals surface area (Å²) in [7, 11) is 0. The number of aromatic nitrogens is 3. The summed E-state index contributed by atoms with van der Waals surface area (Å²) in [6.45, 7) is 3.94. The molecule has 1 amide bonds. The minimum atomic E-state index is -0.124. The van der Waals surface area contributed by atoms with Gasteiger partial charge in [-0.25, -0.2) is 9.50 Å². The predicted octanol–water partition coefficient (Wildman–Crippen LogP) is 2.30. The van der Waals surface area contributed by atoms with Crippen LogP contribution in [-0.2, 0) is 0 Å². The van der Waals surface area contributed by atoms with E-state index in [9.17, 15) is 4.79 Å². The zero-order valence-corrected chi connectivity index (χ0v) is 14.9. The maximum atomic E-state index is 12.0. The molecule has 3 aromatic rings. The first-order valence-corrected chi connectivity index (χ1v) is 8.90. The number of amides is 1. The molecule has 0 saturated heterocycles. The summed E-state index contributed by atoms with van der Waals surface area (Å²) in [5.41, 5.74) is 8.63. The lowest BCUT2D eigenvalue weighted by molar-refractivity contribution is 0.0955. The van der Waals surface area contributed by atoms with Crippen molar-refractivity contribution in [3.63, 3.8) is 0 Å².